The predicted molar refractivity (Wildman–Crippen MR) is 85.5 cm³/mol. The molecule has 6 heteroatoms. The zero-order chi connectivity index (χ0) is 14.5. The van der Waals surface area contributed by atoms with Crippen molar-refractivity contribution in [3.63, 3.8) is 0 Å². The number of halogens is 1. The maximum absolute atomic E-state index is 12.0. The first-order chi connectivity index (χ1) is 9.56. The lowest BCUT2D eigenvalue weighted by molar-refractivity contribution is -0.133. The van der Waals surface area contributed by atoms with Gasteiger partial charge in [0.05, 0.1) is 6.04 Å². The highest BCUT2D eigenvalue weighted by Crippen LogP contribution is 2.14. The first-order valence-electron chi connectivity index (χ1n) is 7.88. The molecule has 5 nitrogen and oxygen atoms in total. The van der Waals surface area contributed by atoms with E-state index >= 15 is 0 Å². The van der Waals surface area contributed by atoms with Crippen LogP contribution >= 0.6 is 12.4 Å². The number of carbonyl (C=O) groups is 2. The van der Waals surface area contributed by atoms with Gasteiger partial charge < -0.3 is 15.5 Å². The number of nitrogens with one attached hydrogen (secondary N) is 2. The third-order valence-electron chi connectivity index (χ3n) is 4.15. The summed E-state index contributed by atoms with van der Waals surface area (Å²) in [6.45, 7) is 6.63. The molecule has 0 aliphatic carbocycles. The van der Waals surface area contributed by atoms with Crippen molar-refractivity contribution in [2.75, 3.05) is 19.6 Å². The van der Waals surface area contributed by atoms with E-state index in [2.05, 4.69) is 24.5 Å². The molecule has 0 spiro atoms. The van der Waals surface area contributed by atoms with Crippen LogP contribution in [0.25, 0.3) is 0 Å². The Kier molecular flexibility index (Phi) is 7.46. The van der Waals surface area contributed by atoms with Gasteiger partial charge in [-0.3, -0.25) is 9.59 Å². The van der Waals surface area contributed by atoms with Gasteiger partial charge in [-0.1, -0.05) is 13.8 Å². The molecule has 2 N–H and O–H groups in total. The van der Waals surface area contributed by atoms with E-state index in [0.29, 0.717) is 12.3 Å². The van der Waals surface area contributed by atoms with Gasteiger partial charge in [0.15, 0.2) is 0 Å². The zero-order valence-corrected chi connectivity index (χ0v) is 13.9. The van der Waals surface area contributed by atoms with E-state index in [1.165, 1.54) is 0 Å². The molecule has 2 fully saturated rings. The van der Waals surface area contributed by atoms with Crippen LogP contribution in [0.2, 0.25) is 0 Å². The van der Waals surface area contributed by atoms with Crippen LogP contribution < -0.4 is 10.6 Å². The van der Waals surface area contributed by atoms with Crippen molar-refractivity contribution in [2.24, 2.45) is 5.92 Å². The summed E-state index contributed by atoms with van der Waals surface area (Å²) < 4.78 is 0. The van der Waals surface area contributed by atoms with Crippen LogP contribution in [0, 0.1) is 5.92 Å². The minimum absolute atomic E-state index is 0. The van der Waals surface area contributed by atoms with Gasteiger partial charge in [0.25, 0.3) is 0 Å². The second-order valence-corrected chi connectivity index (χ2v) is 6.41. The number of hydrogen-bond acceptors (Lipinski definition) is 3. The van der Waals surface area contributed by atoms with E-state index < -0.39 is 0 Å². The molecule has 2 saturated heterocycles. The largest absolute Gasteiger partial charge is 0.352 e. The molecule has 122 valence electrons. The topological polar surface area (TPSA) is 61.4 Å². The van der Waals surface area contributed by atoms with Gasteiger partial charge in [-0.05, 0) is 38.1 Å². The Morgan fingerprint density at radius 1 is 1.24 bits per heavy atom. The molecule has 0 aromatic rings. The molecule has 2 rings (SSSR count). The van der Waals surface area contributed by atoms with E-state index in [0.717, 1.165) is 45.3 Å². The molecule has 0 saturated carbocycles. The van der Waals surface area contributed by atoms with Crippen molar-refractivity contribution >= 4 is 24.2 Å². The van der Waals surface area contributed by atoms with Crippen LogP contribution in [-0.2, 0) is 9.59 Å². The highest BCUT2D eigenvalue weighted by atomic mass is 35.5. The van der Waals surface area contributed by atoms with Gasteiger partial charge in [-0.2, -0.15) is 0 Å². The van der Waals surface area contributed by atoms with Gasteiger partial charge in [-0.25, -0.2) is 0 Å². The number of rotatable bonds is 4. The maximum atomic E-state index is 12.0. The van der Waals surface area contributed by atoms with Crippen LogP contribution in [-0.4, -0.2) is 48.4 Å². The first kappa shape index (κ1) is 18.2. The lowest BCUT2D eigenvalue weighted by atomic mass is 10.0. The van der Waals surface area contributed by atoms with Gasteiger partial charge >= 0.3 is 0 Å². The summed E-state index contributed by atoms with van der Waals surface area (Å²) in [6, 6.07) is 0.226. The van der Waals surface area contributed by atoms with Crippen LogP contribution in [0.15, 0.2) is 0 Å². The van der Waals surface area contributed by atoms with Crippen molar-refractivity contribution in [1.29, 1.82) is 0 Å². The summed E-state index contributed by atoms with van der Waals surface area (Å²) in [5.74, 6) is 0.796. The molecule has 2 aliphatic heterocycles. The van der Waals surface area contributed by atoms with Crippen LogP contribution in [0.1, 0.15) is 46.0 Å². The summed E-state index contributed by atoms with van der Waals surface area (Å²) in [7, 11) is 0. The van der Waals surface area contributed by atoms with Crippen molar-refractivity contribution in [2.45, 2.75) is 58.0 Å². The lowest BCUT2D eigenvalue weighted by Crippen LogP contribution is -2.50. The summed E-state index contributed by atoms with van der Waals surface area (Å²) in [4.78, 5) is 25.9. The van der Waals surface area contributed by atoms with Gasteiger partial charge in [0, 0.05) is 25.6 Å². The smallest absolute Gasteiger partial charge is 0.237 e. The summed E-state index contributed by atoms with van der Waals surface area (Å²) >= 11 is 0. The van der Waals surface area contributed by atoms with Crippen molar-refractivity contribution in [1.82, 2.24) is 15.5 Å². The average Bonchev–Trinajstić information content (AvgIpc) is 2.92. The van der Waals surface area contributed by atoms with Crippen molar-refractivity contribution in [3.8, 4) is 0 Å². The minimum Gasteiger partial charge on any atom is -0.352 e. The minimum atomic E-state index is -0.00407. The zero-order valence-electron chi connectivity index (χ0n) is 13.1. The Morgan fingerprint density at radius 3 is 2.43 bits per heavy atom. The molecule has 2 aliphatic rings. The predicted octanol–water partition coefficient (Wildman–Crippen LogP) is 1.31. The molecule has 0 bridgehead atoms. The van der Waals surface area contributed by atoms with Crippen LogP contribution in [0.5, 0.6) is 0 Å². The number of hydrogen-bond donors (Lipinski definition) is 2. The summed E-state index contributed by atoms with van der Waals surface area (Å²) in [5.41, 5.74) is 0. The van der Waals surface area contributed by atoms with Crippen molar-refractivity contribution in [3.05, 3.63) is 0 Å². The quantitative estimate of drug-likeness (QED) is 0.822. The number of amides is 2. The molecule has 21 heavy (non-hydrogen) atoms. The van der Waals surface area contributed by atoms with Crippen molar-refractivity contribution < 1.29 is 9.59 Å². The van der Waals surface area contributed by atoms with E-state index in [4.69, 9.17) is 0 Å². The first-order valence-corrected chi connectivity index (χ1v) is 7.88. The standard InChI is InChI=1S/C15H27N3O2.ClH/c1-11(2)10-14(19)18-8-5-12(6-9-18)17-15(20)13-4-3-7-16-13;/h11-13,16H,3-10H2,1-2H3,(H,17,20);1H. The summed E-state index contributed by atoms with van der Waals surface area (Å²) in [5, 5.41) is 6.34. The third-order valence-corrected chi connectivity index (χ3v) is 4.15. The molecule has 0 aromatic carbocycles. The number of piperidine rings is 1. The molecular formula is C15H28ClN3O2. The monoisotopic (exact) mass is 317 g/mol. The molecule has 1 unspecified atom stereocenters. The highest BCUT2D eigenvalue weighted by molar-refractivity contribution is 5.85. The number of nitrogens with zero attached hydrogens (tertiary/aromatic N) is 1. The van der Waals surface area contributed by atoms with Gasteiger partial charge in [-0.15, -0.1) is 12.4 Å². The average molecular weight is 318 g/mol. The molecular weight excluding hydrogens is 290 g/mol. The Morgan fingerprint density at radius 2 is 1.90 bits per heavy atom. The van der Waals surface area contributed by atoms with E-state index in [-0.39, 0.29) is 36.3 Å². The third kappa shape index (κ3) is 5.47. The Labute approximate surface area is 133 Å². The van der Waals surface area contributed by atoms with Gasteiger partial charge in [0.1, 0.15) is 0 Å². The molecule has 1 atom stereocenters. The number of carbonyl (C=O) groups excluding carboxylic acids is 2. The fraction of sp³-hybridized carbons (Fsp3) is 0.867. The SMILES string of the molecule is CC(C)CC(=O)N1CCC(NC(=O)C2CCCN2)CC1.Cl. The Balaban J connectivity index is 0.00000220. The summed E-state index contributed by atoms with van der Waals surface area (Å²) in [6.07, 6.45) is 4.41. The van der Waals surface area contributed by atoms with Crippen LogP contribution in [0.4, 0.5) is 0 Å². The lowest BCUT2D eigenvalue weighted by Gasteiger charge is -2.33. The molecule has 2 heterocycles. The van der Waals surface area contributed by atoms with E-state index in [1.807, 2.05) is 4.90 Å². The number of likely N-dealkylation sites (tertiary alicyclic amines) is 1. The van der Waals surface area contributed by atoms with E-state index in [1.54, 1.807) is 0 Å². The second kappa shape index (κ2) is 8.59. The fourth-order valence-corrected chi connectivity index (χ4v) is 2.96. The highest BCUT2D eigenvalue weighted by Gasteiger charge is 2.27. The normalized spacial score (nSPS) is 23.0. The molecule has 2 amide bonds. The fourth-order valence-electron chi connectivity index (χ4n) is 2.96. The van der Waals surface area contributed by atoms with Crippen LogP contribution in [0.3, 0.4) is 0 Å². The Bertz CT molecular complexity index is 349. The second-order valence-electron chi connectivity index (χ2n) is 6.41. The van der Waals surface area contributed by atoms with E-state index in [9.17, 15) is 9.59 Å². The maximum Gasteiger partial charge on any atom is 0.237 e. The Hall–Kier alpha value is -0.810. The molecule has 0 aromatic heterocycles. The van der Waals surface area contributed by atoms with Gasteiger partial charge in [0.2, 0.25) is 11.8 Å². The molecule has 0 radical (unpaired) electrons.